The van der Waals surface area contributed by atoms with Crippen LogP contribution in [0.2, 0.25) is 0 Å². The van der Waals surface area contributed by atoms with E-state index in [-0.39, 0.29) is 22.4 Å². The smallest absolute Gasteiger partial charge is 0.335 e. The van der Waals surface area contributed by atoms with Gasteiger partial charge < -0.3 is 5.11 Å². The van der Waals surface area contributed by atoms with E-state index in [2.05, 4.69) is 0 Å². The summed E-state index contributed by atoms with van der Waals surface area (Å²) in [5.74, 6) is -3.31. The van der Waals surface area contributed by atoms with Crippen LogP contribution in [0, 0.1) is 5.82 Å². The van der Waals surface area contributed by atoms with Crippen molar-refractivity contribution in [1.82, 2.24) is 0 Å². The van der Waals surface area contributed by atoms with Crippen molar-refractivity contribution in [2.24, 2.45) is 0 Å². The lowest BCUT2D eigenvalue weighted by atomic mass is 10.1. The normalized spacial score (nSPS) is 13.5. The highest BCUT2D eigenvalue weighted by Gasteiger charge is 2.38. The van der Waals surface area contributed by atoms with Crippen LogP contribution in [0.3, 0.4) is 0 Å². The maximum absolute atomic E-state index is 13.8. The molecule has 1 heterocycles. The molecule has 0 fully saturated rings. The van der Waals surface area contributed by atoms with Gasteiger partial charge in [0, 0.05) is 0 Å². The second-order valence-electron chi connectivity index (χ2n) is 4.46. The van der Waals surface area contributed by atoms with Gasteiger partial charge in [-0.05, 0) is 30.3 Å². The molecular formula is C15H8FNO4. The molecule has 0 unspecified atom stereocenters. The van der Waals surface area contributed by atoms with Crippen LogP contribution in [0.1, 0.15) is 31.1 Å². The van der Waals surface area contributed by atoms with Crippen molar-refractivity contribution < 1.29 is 23.9 Å². The number of anilines is 1. The summed E-state index contributed by atoms with van der Waals surface area (Å²) in [4.78, 5) is 36.2. The van der Waals surface area contributed by atoms with Crippen molar-refractivity contribution in [2.45, 2.75) is 0 Å². The predicted molar refractivity (Wildman–Crippen MR) is 70.9 cm³/mol. The molecule has 3 rings (SSSR count). The third-order valence-electron chi connectivity index (χ3n) is 3.23. The minimum atomic E-state index is -1.21. The number of hydrogen-bond donors (Lipinski definition) is 1. The lowest BCUT2D eigenvalue weighted by molar-refractivity contribution is 0.0696. The first-order valence-electron chi connectivity index (χ1n) is 6.01. The molecule has 0 aliphatic carbocycles. The molecule has 0 saturated heterocycles. The number of aromatic carboxylic acids is 1. The largest absolute Gasteiger partial charge is 0.478 e. The van der Waals surface area contributed by atoms with Gasteiger partial charge in [0.1, 0.15) is 5.82 Å². The Morgan fingerprint density at radius 1 is 1.00 bits per heavy atom. The first-order valence-corrected chi connectivity index (χ1v) is 6.01. The van der Waals surface area contributed by atoms with Crippen molar-refractivity contribution in [3.63, 3.8) is 0 Å². The molecule has 104 valence electrons. The number of amides is 2. The number of benzene rings is 2. The number of fused-ring (bicyclic) bond motifs is 1. The van der Waals surface area contributed by atoms with Crippen LogP contribution in [-0.4, -0.2) is 22.9 Å². The van der Waals surface area contributed by atoms with Gasteiger partial charge in [0.05, 0.1) is 22.4 Å². The Morgan fingerprint density at radius 2 is 1.67 bits per heavy atom. The van der Waals surface area contributed by atoms with Gasteiger partial charge in [0.15, 0.2) is 0 Å². The van der Waals surface area contributed by atoms with Gasteiger partial charge in [-0.2, -0.15) is 0 Å². The number of rotatable bonds is 2. The van der Waals surface area contributed by atoms with E-state index in [1.54, 1.807) is 0 Å². The van der Waals surface area contributed by atoms with Gasteiger partial charge in [-0.1, -0.05) is 12.1 Å². The van der Waals surface area contributed by atoms with E-state index in [0.717, 1.165) is 12.1 Å². The van der Waals surface area contributed by atoms with Gasteiger partial charge in [0.25, 0.3) is 11.8 Å². The zero-order chi connectivity index (χ0) is 15.1. The summed E-state index contributed by atoms with van der Waals surface area (Å²) in [6.07, 6.45) is 0. The molecule has 0 radical (unpaired) electrons. The van der Waals surface area contributed by atoms with Crippen molar-refractivity contribution >= 4 is 23.5 Å². The van der Waals surface area contributed by atoms with Crippen LogP contribution >= 0.6 is 0 Å². The van der Waals surface area contributed by atoms with Crippen molar-refractivity contribution in [3.05, 3.63) is 65.0 Å². The Labute approximate surface area is 118 Å². The number of carbonyl (C=O) groups is 3. The summed E-state index contributed by atoms with van der Waals surface area (Å²) in [6, 6.07) is 9.02. The first-order chi connectivity index (χ1) is 10.0. The summed E-state index contributed by atoms with van der Waals surface area (Å²) in [7, 11) is 0. The van der Waals surface area contributed by atoms with E-state index in [1.807, 2.05) is 0 Å². The Kier molecular flexibility index (Phi) is 2.79. The maximum Gasteiger partial charge on any atom is 0.335 e. The zero-order valence-electron chi connectivity index (χ0n) is 10.5. The van der Waals surface area contributed by atoms with Gasteiger partial charge in [-0.3, -0.25) is 9.59 Å². The molecule has 0 saturated carbocycles. The maximum atomic E-state index is 13.8. The second-order valence-corrected chi connectivity index (χ2v) is 4.46. The van der Waals surface area contributed by atoms with Crippen molar-refractivity contribution in [1.29, 1.82) is 0 Å². The number of carboxylic acids is 1. The topological polar surface area (TPSA) is 74.7 Å². The van der Waals surface area contributed by atoms with E-state index in [0.29, 0.717) is 4.90 Å². The Hall–Kier alpha value is -3.02. The molecule has 1 aliphatic heterocycles. The molecule has 21 heavy (non-hydrogen) atoms. The molecule has 6 heteroatoms. The molecule has 2 aromatic rings. The van der Waals surface area contributed by atoms with Crippen molar-refractivity contribution in [3.8, 4) is 0 Å². The fraction of sp³-hybridized carbons (Fsp3) is 0. The fourth-order valence-corrected chi connectivity index (χ4v) is 2.23. The highest BCUT2D eigenvalue weighted by molar-refractivity contribution is 6.34. The summed E-state index contributed by atoms with van der Waals surface area (Å²) < 4.78 is 13.8. The summed E-state index contributed by atoms with van der Waals surface area (Å²) in [5, 5.41) is 8.93. The Morgan fingerprint density at radius 3 is 2.33 bits per heavy atom. The molecule has 0 aromatic heterocycles. The minimum absolute atomic E-state index is 0.0387. The first kappa shape index (κ1) is 13.0. The van der Waals surface area contributed by atoms with Gasteiger partial charge in [-0.15, -0.1) is 0 Å². The quantitative estimate of drug-likeness (QED) is 0.859. The molecule has 1 N–H and O–H groups in total. The van der Waals surface area contributed by atoms with Gasteiger partial charge in [0.2, 0.25) is 0 Å². The average Bonchev–Trinajstić information content (AvgIpc) is 2.71. The summed E-state index contributed by atoms with van der Waals surface area (Å²) in [6.45, 7) is 0. The number of carbonyl (C=O) groups excluding carboxylic acids is 2. The molecule has 2 aromatic carbocycles. The van der Waals surface area contributed by atoms with E-state index < -0.39 is 23.6 Å². The molecular weight excluding hydrogens is 277 g/mol. The van der Waals surface area contributed by atoms with Gasteiger partial charge >= 0.3 is 5.97 Å². The molecule has 2 amide bonds. The molecule has 0 atom stereocenters. The summed E-state index contributed by atoms with van der Waals surface area (Å²) >= 11 is 0. The molecule has 0 spiro atoms. The monoisotopic (exact) mass is 285 g/mol. The zero-order valence-corrected chi connectivity index (χ0v) is 10.5. The van der Waals surface area contributed by atoms with Crippen LogP contribution in [0.5, 0.6) is 0 Å². The van der Waals surface area contributed by atoms with E-state index >= 15 is 0 Å². The molecule has 5 nitrogen and oxygen atoms in total. The van der Waals surface area contributed by atoms with Crippen LogP contribution in [-0.2, 0) is 0 Å². The van der Waals surface area contributed by atoms with Crippen LogP contribution in [0.4, 0.5) is 10.1 Å². The number of carboxylic acid groups (broad SMARTS) is 1. The van der Waals surface area contributed by atoms with Crippen LogP contribution in [0.25, 0.3) is 0 Å². The second kappa shape index (κ2) is 4.52. The molecule has 1 aliphatic rings. The van der Waals surface area contributed by atoms with Crippen LogP contribution < -0.4 is 4.90 Å². The number of halogens is 1. The third-order valence-corrected chi connectivity index (χ3v) is 3.23. The number of nitrogens with zero attached hydrogens (tertiary/aromatic N) is 1. The Bertz CT molecular complexity index is 800. The number of hydrogen-bond acceptors (Lipinski definition) is 3. The third kappa shape index (κ3) is 1.88. The minimum Gasteiger partial charge on any atom is -0.478 e. The van der Waals surface area contributed by atoms with E-state index in [1.165, 1.54) is 30.3 Å². The van der Waals surface area contributed by atoms with Crippen molar-refractivity contribution in [2.75, 3.05) is 4.90 Å². The average molecular weight is 285 g/mol. The molecule has 0 bridgehead atoms. The Balaban J connectivity index is 2.13. The predicted octanol–water partition coefficient (Wildman–Crippen LogP) is 2.32. The number of para-hydroxylation sites is 1. The van der Waals surface area contributed by atoms with Crippen LogP contribution in [0.15, 0.2) is 42.5 Å². The lowest BCUT2D eigenvalue weighted by Gasteiger charge is -2.14. The van der Waals surface area contributed by atoms with Gasteiger partial charge in [-0.25, -0.2) is 14.1 Å². The summed E-state index contributed by atoms with van der Waals surface area (Å²) in [5.41, 5.74) is -0.234. The standard InChI is InChI=1S/C15H8FNO4/c16-11-3-1-2-4-12(11)17-13(18)9-6-5-8(15(20)21)7-10(9)14(17)19/h1-7H,(H,20,21). The fourth-order valence-electron chi connectivity index (χ4n) is 2.23. The highest BCUT2D eigenvalue weighted by Crippen LogP contribution is 2.30. The van der Waals surface area contributed by atoms with E-state index in [4.69, 9.17) is 5.11 Å². The van der Waals surface area contributed by atoms with E-state index in [9.17, 15) is 18.8 Å². The highest BCUT2D eigenvalue weighted by atomic mass is 19.1. The SMILES string of the molecule is O=C(O)c1ccc2c(c1)C(=O)N(c1ccccc1F)C2=O. The number of imide groups is 1. The lowest BCUT2D eigenvalue weighted by Crippen LogP contribution is -2.30.